The van der Waals surface area contributed by atoms with Crippen molar-refractivity contribution in [1.29, 1.82) is 0 Å². The summed E-state index contributed by atoms with van der Waals surface area (Å²) in [6, 6.07) is 11.7. The highest BCUT2D eigenvalue weighted by atomic mass is 32.2. The molecule has 3 rings (SSSR count). The van der Waals surface area contributed by atoms with Gasteiger partial charge in [0.2, 0.25) is 10.0 Å². The summed E-state index contributed by atoms with van der Waals surface area (Å²) >= 11 is 0. The van der Waals surface area contributed by atoms with E-state index in [2.05, 4.69) is 4.98 Å². The molecule has 2 heterocycles. The number of hydrogen-bond acceptors (Lipinski definition) is 5. The van der Waals surface area contributed by atoms with Crippen LogP contribution in [0.3, 0.4) is 0 Å². The first-order valence-corrected chi connectivity index (χ1v) is 9.90. The fourth-order valence-electron chi connectivity index (χ4n) is 3.25. The Labute approximate surface area is 152 Å². The zero-order valence-electron chi connectivity index (χ0n) is 14.2. The predicted octanol–water partition coefficient (Wildman–Crippen LogP) is 1.84. The molecule has 0 spiro atoms. The van der Waals surface area contributed by atoms with Gasteiger partial charge in [-0.3, -0.25) is 15.0 Å². The molecule has 1 aliphatic heterocycles. The number of pyridine rings is 1. The van der Waals surface area contributed by atoms with Crippen LogP contribution in [0.5, 0.6) is 0 Å². The van der Waals surface area contributed by atoms with Crippen molar-refractivity contribution in [3.8, 4) is 0 Å². The monoisotopic (exact) mass is 375 g/mol. The van der Waals surface area contributed by atoms with Gasteiger partial charge in [0.1, 0.15) is 0 Å². The number of amides is 1. The number of benzene rings is 1. The normalized spacial score (nSPS) is 16.3. The summed E-state index contributed by atoms with van der Waals surface area (Å²) in [7, 11) is -3.80. The van der Waals surface area contributed by atoms with Crippen LogP contribution in [0, 0.1) is 5.92 Å². The fourth-order valence-corrected chi connectivity index (χ4v) is 4.91. The quantitative estimate of drug-likeness (QED) is 0.614. The van der Waals surface area contributed by atoms with E-state index in [-0.39, 0.29) is 10.5 Å². The Hall–Kier alpha value is -2.29. The largest absolute Gasteiger partial charge is 0.288 e. The molecule has 1 aromatic heterocycles. The first-order chi connectivity index (χ1) is 12.5. The first kappa shape index (κ1) is 18.5. The molecule has 26 heavy (non-hydrogen) atoms. The number of aromatic nitrogens is 1. The third-order valence-electron chi connectivity index (χ3n) is 4.65. The Morgan fingerprint density at radius 3 is 2.50 bits per heavy atom. The minimum absolute atomic E-state index is 0.0643. The summed E-state index contributed by atoms with van der Waals surface area (Å²) in [5, 5.41) is 8.85. The second-order valence-electron chi connectivity index (χ2n) is 6.31. The zero-order valence-corrected chi connectivity index (χ0v) is 15.0. The van der Waals surface area contributed by atoms with Crippen LogP contribution in [-0.4, -0.2) is 41.9 Å². The van der Waals surface area contributed by atoms with Crippen molar-refractivity contribution in [3.05, 3.63) is 59.9 Å². The van der Waals surface area contributed by atoms with Gasteiger partial charge in [0, 0.05) is 25.0 Å². The lowest BCUT2D eigenvalue weighted by atomic mass is 9.93. The van der Waals surface area contributed by atoms with Crippen LogP contribution in [0.2, 0.25) is 0 Å². The van der Waals surface area contributed by atoms with E-state index >= 15 is 0 Å². The average Bonchev–Trinajstić information content (AvgIpc) is 2.68. The summed E-state index contributed by atoms with van der Waals surface area (Å²) in [5.74, 6) is -0.457. The molecule has 2 N–H and O–H groups in total. The number of sulfonamides is 1. The van der Waals surface area contributed by atoms with E-state index in [0.29, 0.717) is 19.0 Å². The fraction of sp³-hybridized carbons (Fsp3) is 0.333. The van der Waals surface area contributed by atoms with Gasteiger partial charge >= 0.3 is 0 Å². The SMILES string of the molecule is O=C(NO)c1ccccc1S(=O)(=O)N1CCC(Cc2ccccn2)CC1. The molecular formula is C18H21N3O4S. The molecule has 0 aliphatic carbocycles. The van der Waals surface area contributed by atoms with Crippen molar-refractivity contribution in [1.82, 2.24) is 14.8 Å². The molecule has 1 fully saturated rings. The van der Waals surface area contributed by atoms with Gasteiger partial charge in [-0.2, -0.15) is 4.31 Å². The van der Waals surface area contributed by atoms with E-state index in [1.54, 1.807) is 18.3 Å². The number of nitrogens with zero attached hydrogens (tertiary/aromatic N) is 2. The van der Waals surface area contributed by atoms with Crippen molar-refractivity contribution in [2.75, 3.05) is 13.1 Å². The van der Waals surface area contributed by atoms with Crippen LogP contribution in [0.25, 0.3) is 0 Å². The highest BCUT2D eigenvalue weighted by Crippen LogP contribution is 2.27. The van der Waals surface area contributed by atoms with Crippen molar-refractivity contribution in [2.45, 2.75) is 24.2 Å². The van der Waals surface area contributed by atoms with Crippen LogP contribution in [0.1, 0.15) is 28.9 Å². The molecule has 2 aromatic rings. The molecule has 1 aliphatic rings. The standard InChI is InChI=1S/C18H21N3O4S/c22-18(20-23)16-6-1-2-7-17(16)26(24,25)21-11-8-14(9-12-21)13-15-5-3-4-10-19-15/h1-7,10,14,23H,8-9,11-13H2,(H,20,22). The van der Waals surface area contributed by atoms with E-state index in [0.717, 1.165) is 25.0 Å². The summed E-state index contributed by atoms with van der Waals surface area (Å²) in [6.45, 7) is 0.795. The smallest absolute Gasteiger partial charge is 0.276 e. The highest BCUT2D eigenvalue weighted by Gasteiger charge is 2.32. The second kappa shape index (κ2) is 7.94. The molecule has 138 valence electrons. The lowest BCUT2D eigenvalue weighted by Gasteiger charge is -2.31. The average molecular weight is 375 g/mol. The summed E-state index contributed by atoms with van der Waals surface area (Å²) in [6.07, 6.45) is 4.07. The van der Waals surface area contributed by atoms with Crippen LogP contribution in [-0.2, 0) is 16.4 Å². The zero-order chi connectivity index (χ0) is 18.6. The lowest BCUT2D eigenvalue weighted by molar-refractivity contribution is 0.0702. The summed E-state index contributed by atoms with van der Waals surface area (Å²) in [5.41, 5.74) is 2.45. The molecule has 0 saturated carbocycles. The Balaban J connectivity index is 1.72. The van der Waals surface area contributed by atoms with Gasteiger partial charge in [0.15, 0.2) is 0 Å². The lowest BCUT2D eigenvalue weighted by Crippen LogP contribution is -2.39. The summed E-state index contributed by atoms with van der Waals surface area (Å²) in [4.78, 5) is 16.0. The maximum atomic E-state index is 12.9. The Morgan fingerprint density at radius 1 is 1.15 bits per heavy atom. The van der Waals surface area contributed by atoms with Gasteiger partial charge in [-0.15, -0.1) is 0 Å². The molecule has 8 heteroatoms. The number of piperidine rings is 1. The number of rotatable bonds is 5. The topological polar surface area (TPSA) is 99.6 Å². The van der Waals surface area contributed by atoms with E-state index in [4.69, 9.17) is 5.21 Å². The van der Waals surface area contributed by atoms with E-state index in [9.17, 15) is 13.2 Å². The van der Waals surface area contributed by atoms with E-state index in [1.807, 2.05) is 18.2 Å². The highest BCUT2D eigenvalue weighted by molar-refractivity contribution is 7.89. The van der Waals surface area contributed by atoms with Crippen molar-refractivity contribution in [3.63, 3.8) is 0 Å². The molecule has 0 radical (unpaired) electrons. The number of carbonyl (C=O) groups is 1. The minimum atomic E-state index is -3.80. The van der Waals surface area contributed by atoms with Crippen LogP contribution in [0.15, 0.2) is 53.6 Å². The first-order valence-electron chi connectivity index (χ1n) is 8.46. The van der Waals surface area contributed by atoms with Crippen LogP contribution in [0.4, 0.5) is 0 Å². The number of hydroxylamine groups is 1. The number of carbonyl (C=O) groups excluding carboxylic acids is 1. The van der Waals surface area contributed by atoms with Crippen molar-refractivity contribution in [2.24, 2.45) is 5.92 Å². The van der Waals surface area contributed by atoms with E-state index < -0.39 is 15.9 Å². The summed E-state index contributed by atoms with van der Waals surface area (Å²) < 4.78 is 27.3. The Bertz CT molecular complexity index is 863. The second-order valence-corrected chi connectivity index (χ2v) is 8.22. The molecule has 1 aromatic carbocycles. The van der Waals surface area contributed by atoms with E-state index in [1.165, 1.54) is 21.9 Å². The minimum Gasteiger partial charge on any atom is -0.288 e. The molecule has 0 atom stereocenters. The van der Waals surface area contributed by atoms with Crippen LogP contribution < -0.4 is 5.48 Å². The Kier molecular flexibility index (Phi) is 5.65. The third kappa shape index (κ3) is 3.92. The van der Waals surface area contributed by atoms with Gasteiger partial charge in [0.25, 0.3) is 5.91 Å². The van der Waals surface area contributed by atoms with Gasteiger partial charge in [-0.25, -0.2) is 13.9 Å². The predicted molar refractivity (Wildman–Crippen MR) is 95.1 cm³/mol. The van der Waals surface area contributed by atoms with Gasteiger partial charge in [0.05, 0.1) is 10.5 Å². The third-order valence-corrected chi connectivity index (χ3v) is 6.61. The van der Waals surface area contributed by atoms with Gasteiger partial charge < -0.3 is 0 Å². The molecular weight excluding hydrogens is 354 g/mol. The molecule has 0 bridgehead atoms. The molecule has 7 nitrogen and oxygen atoms in total. The van der Waals surface area contributed by atoms with Crippen molar-refractivity contribution < 1.29 is 18.4 Å². The maximum absolute atomic E-state index is 12.9. The molecule has 0 unspecified atom stereocenters. The molecule has 1 saturated heterocycles. The Morgan fingerprint density at radius 2 is 1.85 bits per heavy atom. The van der Waals surface area contributed by atoms with Gasteiger partial charge in [-0.05, 0) is 49.4 Å². The van der Waals surface area contributed by atoms with Gasteiger partial charge in [-0.1, -0.05) is 18.2 Å². The van der Waals surface area contributed by atoms with Crippen LogP contribution >= 0.6 is 0 Å². The van der Waals surface area contributed by atoms with Crippen molar-refractivity contribution >= 4 is 15.9 Å². The number of nitrogens with one attached hydrogen (secondary N) is 1. The number of hydrogen-bond donors (Lipinski definition) is 2. The maximum Gasteiger partial charge on any atom is 0.276 e. The molecule has 1 amide bonds.